The van der Waals surface area contributed by atoms with Gasteiger partial charge in [0.2, 0.25) is 0 Å². The second-order valence-corrected chi connectivity index (χ2v) is 6.58. The van der Waals surface area contributed by atoms with E-state index in [1.807, 2.05) is 0 Å². The van der Waals surface area contributed by atoms with E-state index in [-0.39, 0.29) is 11.6 Å². The van der Waals surface area contributed by atoms with Crippen molar-refractivity contribution in [2.75, 3.05) is 13.1 Å². The molecule has 1 saturated heterocycles. The molecule has 2 heterocycles. The quantitative estimate of drug-likeness (QED) is 0.807. The number of rotatable bonds is 3. The number of nitrogens with two attached hydrogens (primary N) is 1. The van der Waals surface area contributed by atoms with E-state index in [1.165, 1.54) is 10.5 Å². The molecule has 0 bridgehead atoms. The number of hydrogen-bond donors (Lipinski definition) is 2. The van der Waals surface area contributed by atoms with Crippen LogP contribution in [0.3, 0.4) is 0 Å². The van der Waals surface area contributed by atoms with Crippen molar-refractivity contribution < 1.29 is 8.42 Å². The van der Waals surface area contributed by atoms with Crippen LogP contribution in [0, 0.1) is 11.8 Å². The molecule has 2 atom stereocenters. The number of sulfonamides is 1. The van der Waals surface area contributed by atoms with Crippen LogP contribution in [0.1, 0.15) is 19.4 Å². The number of nitrogens with one attached hydrogen (secondary N) is 1. The zero-order chi connectivity index (χ0) is 12.6. The summed E-state index contributed by atoms with van der Waals surface area (Å²) in [5.41, 5.74) is 6.04. The van der Waals surface area contributed by atoms with Gasteiger partial charge in [0, 0.05) is 25.2 Å². The Morgan fingerprint density at radius 3 is 2.59 bits per heavy atom. The number of hydrogen-bond acceptors (Lipinski definition) is 4. The van der Waals surface area contributed by atoms with E-state index >= 15 is 0 Å². The molecular formula is C10H18N4O2S. The highest BCUT2D eigenvalue weighted by Gasteiger charge is 2.36. The lowest BCUT2D eigenvalue weighted by atomic mass is 10.0. The van der Waals surface area contributed by atoms with Gasteiger partial charge in [0.15, 0.2) is 5.03 Å². The van der Waals surface area contributed by atoms with E-state index in [1.54, 1.807) is 0 Å². The Morgan fingerprint density at radius 2 is 2.06 bits per heavy atom. The first kappa shape index (κ1) is 12.5. The topological polar surface area (TPSA) is 92.1 Å². The van der Waals surface area contributed by atoms with Crippen molar-refractivity contribution in [1.82, 2.24) is 14.5 Å². The standard InChI is InChI=1S/C10H18N4O2S/c1-7-5-14(6-8(7)2)17(15,16)10-9(3-11)4-12-13-10/h4,7-8H,3,5-6,11H2,1-2H3,(H,12,13). The van der Waals surface area contributed by atoms with Gasteiger partial charge in [-0.15, -0.1) is 0 Å². The van der Waals surface area contributed by atoms with Crippen molar-refractivity contribution in [2.24, 2.45) is 17.6 Å². The summed E-state index contributed by atoms with van der Waals surface area (Å²) >= 11 is 0. The first-order chi connectivity index (χ1) is 7.96. The van der Waals surface area contributed by atoms with E-state index in [4.69, 9.17) is 5.73 Å². The van der Waals surface area contributed by atoms with Gasteiger partial charge in [0.05, 0.1) is 6.20 Å². The largest absolute Gasteiger partial charge is 0.326 e. The second-order valence-electron chi connectivity index (χ2n) is 4.71. The van der Waals surface area contributed by atoms with Gasteiger partial charge in [-0.05, 0) is 11.8 Å². The Balaban J connectivity index is 2.32. The van der Waals surface area contributed by atoms with Crippen LogP contribution in [0.5, 0.6) is 0 Å². The van der Waals surface area contributed by atoms with E-state index in [9.17, 15) is 8.42 Å². The van der Waals surface area contributed by atoms with Crippen LogP contribution in [0.4, 0.5) is 0 Å². The van der Waals surface area contributed by atoms with E-state index in [2.05, 4.69) is 24.0 Å². The highest BCUT2D eigenvalue weighted by Crippen LogP contribution is 2.28. The number of nitrogens with zero attached hydrogens (tertiary/aromatic N) is 2. The van der Waals surface area contributed by atoms with Gasteiger partial charge in [-0.2, -0.15) is 9.40 Å². The van der Waals surface area contributed by atoms with Crippen LogP contribution < -0.4 is 5.73 Å². The minimum Gasteiger partial charge on any atom is -0.326 e. The molecule has 1 aliphatic rings. The van der Waals surface area contributed by atoms with Crippen LogP contribution in [0.15, 0.2) is 11.2 Å². The van der Waals surface area contributed by atoms with Crippen molar-refractivity contribution in [3.63, 3.8) is 0 Å². The second kappa shape index (κ2) is 4.40. The highest BCUT2D eigenvalue weighted by atomic mass is 32.2. The Hall–Kier alpha value is -0.920. The lowest BCUT2D eigenvalue weighted by Crippen LogP contribution is -2.30. The van der Waals surface area contributed by atoms with Crippen molar-refractivity contribution in [1.29, 1.82) is 0 Å². The number of H-pyrrole nitrogens is 1. The van der Waals surface area contributed by atoms with E-state index in [0.29, 0.717) is 30.5 Å². The van der Waals surface area contributed by atoms with Crippen LogP contribution >= 0.6 is 0 Å². The third-order valence-electron chi connectivity index (χ3n) is 3.45. The summed E-state index contributed by atoms with van der Waals surface area (Å²) in [7, 11) is -3.47. The molecule has 6 nitrogen and oxygen atoms in total. The van der Waals surface area contributed by atoms with Crippen molar-refractivity contribution in [3.8, 4) is 0 Å². The fraction of sp³-hybridized carbons (Fsp3) is 0.700. The lowest BCUT2D eigenvalue weighted by molar-refractivity contribution is 0.459. The molecule has 0 aromatic carbocycles. The normalized spacial score (nSPS) is 26.5. The molecule has 0 spiro atoms. The lowest BCUT2D eigenvalue weighted by Gasteiger charge is -2.15. The smallest absolute Gasteiger partial charge is 0.260 e. The average Bonchev–Trinajstić information content (AvgIpc) is 2.86. The maximum atomic E-state index is 12.4. The Morgan fingerprint density at radius 1 is 1.47 bits per heavy atom. The molecule has 1 aliphatic heterocycles. The summed E-state index contributed by atoms with van der Waals surface area (Å²) in [6.45, 7) is 5.43. The molecule has 3 N–H and O–H groups in total. The zero-order valence-corrected chi connectivity index (χ0v) is 10.9. The third-order valence-corrected chi connectivity index (χ3v) is 5.30. The molecule has 0 radical (unpaired) electrons. The van der Waals surface area contributed by atoms with Gasteiger partial charge in [0.1, 0.15) is 0 Å². The van der Waals surface area contributed by atoms with Gasteiger partial charge in [-0.25, -0.2) is 8.42 Å². The highest BCUT2D eigenvalue weighted by molar-refractivity contribution is 7.89. The molecule has 0 aliphatic carbocycles. The summed E-state index contributed by atoms with van der Waals surface area (Å²) in [6.07, 6.45) is 1.47. The molecule has 2 unspecified atom stereocenters. The fourth-order valence-corrected chi connectivity index (χ4v) is 3.83. The molecule has 0 saturated carbocycles. The molecule has 2 rings (SSSR count). The monoisotopic (exact) mass is 258 g/mol. The van der Waals surface area contributed by atoms with Gasteiger partial charge in [-0.1, -0.05) is 13.8 Å². The maximum Gasteiger partial charge on any atom is 0.260 e. The zero-order valence-electron chi connectivity index (χ0n) is 10.0. The minimum atomic E-state index is -3.47. The van der Waals surface area contributed by atoms with Gasteiger partial charge < -0.3 is 5.73 Å². The molecule has 0 amide bonds. The van der Waals surface area contributed by atoms with Gasteiger partial charge >= 0.3 is 0 Å². The predicted molar refractivity (Wildman–Crippen MR) is 63.6 cm³/mol. The molecule has 17 heavy (non-hydrogen) atoms. The number of aromatic amines is 1. The SMILES string of the molecule is CC1CN(S(=O)(=O)c2[nH]ncc2CN)CC1C. The Labute approximate surface area is 101 Å². The van der Waals surface area contributed by atoms with Crippen LogP contribution in [0.25, 0.3) is 0 Å². The Bertz CT molecular complexity index is 486. The van der Waals surface area contributed by atoms with Crippen molar-refractivity contribution >= 4 is 10.0 Å². The van der Waals surface area contributed by atoms with Gasteiger partial charge in [-0.3, -0.25) is 5.10 Å². The molecule has 96 valence electrons. The maximum absolute atomic E-state index is 12.4. The number of aromatic nitrogens is 2. The van der Waals surface area contributed by atoms with Crippen molar-refractivity contribution in [3.05, 3.63) is 11.8 Å². The van der Waals surface area contributed by atoms with Crippen LogP contribution in [-0.4, -0.2) is 36.0 Å². The molecule has 1 aromatic rings. The molecule has 1 fully saturated rings. The first-order valence-corrected chi connectivity index (χ1v) is 7.13. The van der Waals surface area contributed by atoms with E-state index in [0.717, 1.165) is 0 Å². The molecule has 7 heteroatoms. The van der Waals surface area contributed by atoms with Crippen molar-refractivity contribution in [2.45, 2.75) is 25.4 Å². The first-order valence-electron chi connectivity index (χ1n) is 5.69. The summed E-state index contributed by atoms with van der Waals surface area (Å²) in [5.74, 6) is 0.767. The summed E-state index contributed by atoms with van der Waals surface area (Å²) in [6, 6.07) is 0. The summed E-state index contributed by atoms with van der Waals surface area (Å²) in [4.78, 5) is 0. The Kier molecular flexibility index (Phi) is 3.24. The summed E-state index contributed by atoms with van der Waals surface area (Å²) in [5, 5.41) is 6.44. The minimum absolute atomic E-state index is 0.140. The fourth-order valence-electron chi connectivity index (χ4n) is 2.07. The van der Waals surface area contributed by atoms with Crippen LogP contribution in [-0.2, 0) is 16.6 Å². The van der Waals surface area contributed by atoms with Gasteiger partial charge in [0.25, 0.3) is 10.0 Å². The van der Waals surface area contributed by atoms with E-state index < -0.39 is 10.0 Å². The van der Waals surface area contributed by atoms with Crippen LogP contribution in [0.2, 0.25) is 0 Å². The summed E-state index contributed by atoms with van der Waals surface area (Å²) < 4.78 is 26.2. The molecular weight excluding hydrogens is 240 g/mol. The average molecular weight is 258 g/mol. The molecule has 1 aromatic heterocycles. The predicted octanol–water partition coefficient (Wildman–Crippen LogP) is 0.145. The third kappa shape index (κ3) is 2.10.